The van der Waals surface area contributed by atoms with E-state index in [-0.39, 0.29) is 6.10 Å². The van der Waals surface area contributed by atoms with E-state index in [1.54, 1.807) is 0 Å². The summed E-state index contributed by atoms with van der Waals surface area (Å²) in [6.45, 7) is 1.97. The summed E-state index contributed by atoms with van der Waals surface area (Å²) in [7, 11) is 0. The second kappa shape index (κ2) is 6.26. The number of aliphatic hydroxyl groups excluding tert-OH is 1. The Kier molecular flexibility index (Phi) is 4.67. The van der Waals surface area contributed by atoms with Crippen LogP contribution in [0.2, 0.25) is 0 Å². The molecule has 1 aliphatic carbocycles. The van der Waals surface area contributed by atoms with Gasteiger partial charge in [0, 0.05) is 6.54 Å². The Morgan fingerprint density at radius 3 is 2.94 bits per heavy atom. The Labute approximate surface area is 97.9 Å². The Hall–Kier alpha value is -0.540. The summed E-state index contributed by atoms with van der Waals surface area (Å²) in [6, 6.07) is 0. The van der Waals surface area contributed by atoms with Crippen molar-refractivity contribution in [3.05, 3.63) is 12.3 Å². The van der Waals surface area contributed by atoms with Gasteiger partial charge in [-0.2, -0.15) is 0 Å². The van der Waals surface area contributed by atoms with Crippen LogP contribution in [0.1, 0.15) is 38.5 Å². The lowest BCUT2D eigenvalue weighted by atomic mass is 9.87. The molecule has 1 fully saturated rings. The lowest BCUT2D eigenvalue weighted by Crippen LogP contribution is -2.34. The van der Waals surface area contributed by atoms with Gasteiger partial charge < -0.3 is 15.2 Å². The number of allylic oxidation sites excluding steroid dienone is 1. The van der Waals surface area contributed by atoms with E-state index in [9.17, 15) is 5.11 Å². The van der Waals surface area contributed by atoms with Crippen LogP contribution in [0.25, 0.3) is 0 Å². The van der Waals surface area contributed by atoms with E-state index < -0.39 is 0 Å². The smallest absolute Gasteiger partial charge is 0.110 e. The molecule has 1 saturated carbocycles. The first-order valence-corrected chi connectivity index (χ1v) is 6.54. The van der Waals surface area contributed by atoms with Crippen LogP contribution in [0.4, 0.5) is 0 Å². The number of hydrogen-bond donors (Lipinski definition) is 2. The van der Waals surface area contributed by atoms with E-state index in [4.69, 9.17) is 4.74 Å². The molecule has 3 atom stereocenters. The summed E-state index contributed by atoms with van der Waals surface area (Å²) in [4.78, 5) is 0. The highest BCUT2D eigenvalue weighted by Gasteiger charge is 2.20. The summed E-state index contributed by atoms with van der Waals surface area (Å²) >= 11 is 0. The van der Waals surface area contributed by atoms with Crippen molar-refractivity contribution in [2.75, 3.05) is 13.1 Å². The minimum absolute atomic E-state index is 0.0607. The van der Waals surface area contributed by atoms with E-state index in [0.717, 1.165) is 38.8 Å². The zero-order chi connectivity index (χ0) is 11.2. The maximum absolute atomic E-state index is 9.57. The minimum atomic E-state index is -0.0607. The highest BCUT2D eigenvalue weighted by Crippen LogP contribution is 2.23. The van der Waals surface area contributed by atoms with Gasteiger partial charge in [0.1, 0.15) is 6.10 Å². The normalized spacial score (nSPS) is 34.7. The van der Waals surface area contributed by atoms with E-state index in [1.165, 1.54) is 12.8 Å². The molecule has 0 radical (unpaired) electrons. The molecule has 0 aromatic heterocycles. The predicted molar refractivity (Wildman–Crippen MR) is 64.1 cm³/mol. The first-order valence-electron chi connectivity index (χ1n) is 6.54. The second-order valence-corrected chi connectivity index (χ2v) is 5.05. The van der Waals surface area contributed by atoms with Gasteiger partial charge in [-0.05, 0) is 50.6 Å². The molecule has 1 heterocycles. The Morgan fingerprint density at radius 2 is 2.19 bits per heavy atom. The van der Waals surface area contributed by atoms with Gasteiger partial charge in [-0.3, -0.25) is 0 Å². The van der Waals surface area contributed by atoms with Crippen LogP contribution in [-0.2, 0) is 4.74 Å². The van der Waals surface area contributed by atoms with Crippen LogP contribution in [0.3, 0.4) is 0 Å². The van der Waals surface area contributed by atoms with Crippen molar-refractivity contribution < 1.29 is 9.84 Å². The molecule has 0 aromatic rings. The highest BCUT2D eigenvalue weighted by atomic mass is 16.5. The predicted octanol–water partition coefficient (Wildman–Crippen LogP) is 1.82. The Bertz CT molecular complexity index is 230. The van der Waals surface area contributed by atoms with Gasteiger partial charge >= 0.3 is 0 Å². The zero-order valence-corrected chi connectivity index (χ0v) is 9.90. The molecule has 1 aliphatic heterocycles. The SMILES string of the molecule is OC1CCCC(CNCC2CCC=CO2)C1. The van der Waals surface area contributed by atoms with E-state index in [2.05, 4.69) is 11.4 Å². The van der Waals surface area contributed by atoms with Gasteiger partial charge in [0.25, 0.3) is 0 Å². The van der Waals surface area contributed by atoms with Crippen LogP contribution in [0.5, 0.6) is 0 Å². The van der Waals surface area contributed by atoms with Crippen molar-refractivity contribution in [1.82, 2.24) is 5.32 Å². The maximum atomic E-state index is 9.57. The van der Waals surface area contributed by atoms with Crippen LogP contribution in [0.15, 0.2) is 12.3 Å². The van der Waals surface area contributed by atoms with Crippen molar-refractivity contribution in [1.29, 1.82) is 0 Å². The standard InChI is InChI=1S/C13H23NO2/c15-12-5-3-4-11(8-12)9-14-10-13-6-1-2-7-16-13/h2,7,11-15H,1,3-6,8-10H2. The largest absolute Gasteiger partial charge is 0.497 e. The molecule has 16 heavy (non-hydrogen) atoms. The fraction of sp³-hybridized carbons (Fsp3) is 0.846. The third kappa shape index (κ3) is 3.80. The number of aliphatic hydroxyl groups is 1. The van der Waals surface area contributed by atoms with Gasteiger partial charge in [0.2, 0.25) is 0 Å². The average molecular weight is 225 g/mol. The monoisotopic (exact) mass is 225 g/mol. The molecular weight excluding hydrogens is 202 g/mol. The molecule has 0 aromatic carbocycles. The molecule has 2 N–H and O–H groups in total. The van der Waals surface area contributed by atoms with Crippen LogP contribution < -0.4 is 5.32 Å². The molecule has 3 nitrogen and oxygen atoms in total. The quantitative estimate of drug-likeness (QED) is 0.767. The van der Waals surface area contributed by atoms with Gasteiger partial charge in [0.15, 0.2) is 0 Å². The number of rotatable bonds is 4. The Balaban J connectivity index is 1.58. The number of nitrogens with one attached hydrogen (secondary N) is 1. The lowest BCUT2D eigenvalue weighted by molar-refractivity contribution is 0.0944. The first-order chi connectivity index (χ1) is 7.84. The van der Waals surface area contributed by atoms with Crippen LogP contribution in [0, 0.1) is 5.92 Å². The number of hydrogen-bond acceptors (Lipinski definition) is 3. The van der Waals surface area contributed by atoms with Crippen molar-refractivity contribution >= 4 is 0 Å². The molecule has 0 saturated heterocycles. The highest BCUT2D eigenvalue weighted by molar-refractivity contribution is 4.83. The molecule has 0 amide bonds. The topological polar surface area (TPSA) is 41.5 Å². The first kappa shape index (κ1) is 11.9. The van der Waals surface area contributed by atoms with Gasteiger partial charge in [-0.1, -0.05) is 6.42 Å². The Morgan fingerprint density at radius 1 is 1.25 bits per heavy atom. The van der Waals surface area contributed by atoms with Crippen LogP contribution >= 0.6 is 0 Å². The third-order valence-electron chi connectivity index (χ3n) is 3.58. The summed E-state index contributed by atoms with van der Waals surface area (Å²) in [5.41, 5.74) is 0. The zero-order valence-electron chi connectivity index (χ0n) is 9.90. The van der Waals surface area contributed by atoms with E-state index in [0.29, 0.717) is 12.0 Å². The summed E-state index contributed by atoms with van der Waals surface area (Å²) < 4.78 is 5.50. The molecule has 0 spiro atoms. The average Bonchev–Trinajstić information content (AvgIpc) is 2.30. The molecule has 3 unspecified atom stereocenters. The van der Waals surface area contributed by atoms with Gasteiger partial charge in [-0.25, -0.2) is 0 Å². The molecule has 2 aliphatic rings. The summed E-state index contributed by atoms with van der Waals surface area (Å²) in [5, 5.41) is 13.0. The van der Waals surface area contributed by atoms with E-state index in [1.807, 2.05) is 6.26 Å². The van der Waals surface area contributed by atoms with Crippen molar-refractivity contribution in [3.63, 3.8) is 0 Å². The van der Waals surface area contributed by atoms with Crippen LogP contribution in [-0.4, -0.2) is 30.4 Å². The molecule has 0 bridgehead atoms. The molecular formula is C13H23NO2. The van der Waals surface area contributed by atoms with Crippen molar-refractivity contribution in [2.45, 2.75) is 50.7 Å². The van der Waals surface area contributed by atoms with Crippen molar-refractivity contribution in [2.24, 2.45) is 5.92 Å². The van der Waals surface area contributed by atoms with Gasteiger partial charge in [-0.15, -0.1) is 0 Å². The van der Waals surface area contributed by atoms with Gasteiger partial charge in [0.05, 0.1) is 12.4 Å². The summed E-state index contributed by atoms with van der Waals surface area (Å²) in [6.07, 6.45) is 10.8. The van der Waals surface area contributed by atoms with E-state index >= 15 is 0 Å². The minimum Gasteiger partial charge on any atom is -0.497 e. The fourth-order valence-corrected chi connectivity index (χ4v) is 2.63. The molecule has 2 rings (SSSR count). The lowest BCUT2D eigenvalue weighted by Gasteiger charge is -2.27. The molecule has 92 valence electrons. The van der Waals surface area contributed by atoms with Crippen molar-refractivity contribution in [3.8, 4) is 0 Å². The fourth-order valence-electron chi connectivity index (χ4n) is 2.63. The maximum Gasteiger partial charge on any atom is 0.110 e. The molecule has 3 heteroatoms. The number of ether oxygens (including phenoxy) is 1. The second-order valence-electron chi connectivity index (χ2n) is 5.05. The summed E-state index contributed by atoms with van der Waals surface area (Å²) in [5.74, 6) is 0.655. The third-order valence-corrected chi connectivity index (χ3v) is 3.58.